The lowest BCUT2D eigenvalue weighted by atomic mass is 9.85. The predicted octanol–water partition coefficient (Wildman–Crippen LogP) is 3.62. The van der Waals surface area contributed by atoms with Crippen molar-refractivity contribution in [2.75, 3.05) is 6.54 Å². The van der Waals surface area contributed by atoms with Crippen molar-refractivity contribution >= 4 is 22.7 Å². The number of piperazine rings is 1. The molecule has 0 saturated carbocycles. The number of amides is 2. The molecule has 0 spiro atoms. The fourth-order valence-electron chi connectivity index (χ4n) is 5.48. The fourth-order valence-corrected chi connectivity index (χ4v) is 5.48. The Balaban J connectivity index is 1.41. The van der Waals surface area contributed by atoms with E-state index in [2.05, 4.69) is 32.7 Å². The minimum atomic E-state index is -0.578. The second-order valence-corrected chi connectivity index (χ2v) is 9.01. The molecule has 0 aliphatic carbocycles. The van der Waals surface area contributed by atoms with Crippen molar-refractivity contribution in [3.63, 3.8) is 0 Å². The number of aromatic nitrogens is 1. The number of carbonyl (C=O) groups is 2. The second-order valence-electron chi connectivity index (χ2n) is 9.01. The molecule has 0 radical (unpaired) electrons. The van der Waals surface area contributed by atoms with E-state index < -0.39 is 12.1 Å². The molecule has 2 amide bonds. The van der Waals surface area contributed by atoms with Crippen molar-refractivity contribution in [1.82, 2.24) is 20.5 Å². The van der Waals surface area contributed by atoms with Crippen molar-refractivity contribution in [1.29, 1.82) is 0 Å². The zero-order chi connectivity index (χ0) is 23.1. The molecule has 2 aliphatic heterocycles. The molecule has 3 heterocycles. The minimum absolute atomic E-state index is 0.0241. The quantitative estimate of drug-likeness (QED) is 0.435. The van der Waals surface area contributed by atoms with Crippen molar-refractivity contribution in [3.05, 3.63) is 107 Å². The highest BCUT2D eigenvalue weighted by atomic mass is 16.2. The Morgan fingerprint density at radius 1 is 0.941 bits per heavy atom. The summed E-state index contributed by atoms with van der Waals surface area (Å²) in [5, 5.41) is 7.36. The Kier molecular flexibility index (Phi) is 5.15. The zero-order valence-electron chi connectivity index (χ0n) is 18.7. The van der Waals surface area contributed by atoms with Gasteiger partial charge in [-0.2, -0.15) is 0 Å². The predicted molar refractivity (Wildman–Crippen MR) is 131 cm³/mol. The first-order valence-electron chi connectivity index (χ1n) is 11.7. The maximum Gasteiger partial charge on any atom is 0.242 e. The molecule has 1 fully saturated rings. The molecular formula is C28H26N4O2. The molecule has 170 valence electrons. The highest BCUT2D eigenvalue weighted by Crippen LogP contribution is 2.43. The standard InChI is InChI=1S/C28H26N4O2/c33-27-23-15-21-20-13-7-8-14-22(20)31-25(21)24(17-30-27)32(23)26(19-11-5-2-6-12-19)28(34)29-16-18-9-3-1-4-10-18/h1-14,23-24,26,31H,15-17H2,(H,29,34)(H,30,33)/t23-,24-,26?/m0/s1. The molecule has 1 aromatic heterocycles. The summed E-state index contributed by atoms with van der Waals surface area (Å²) in [6, 6.07) is 26.8. The van der Waals surface area contributed by atoms with E-state index in [0.717, 1.165) is 27.7 Å². The SMILES string of the molecule is O=C(NCc1ccccc1)C(c1ccccc1)N1[C@H]2Cc3c([nH]c4ccccc34)[C@@H]1CNC2=O. The van der Waals surface area contributed by atoms with E-state index in [-0.39, 0.29) is 17.9 Å². The van der Waals surface area contributed by atoms with Crippen LogP contribution in [0.25, 0.3) is 10.9 Å². The van der Waals surface area contributed by atoms with E-state index in [4.69, 9.17) is 0 Å². The molecule has 34 heavy (non-hydrogen) atoms. The van der Waals surface area contributed by atoms with Gasteiger partial charge in [-0.05, 0) is 29.2 Å². The third kappa shape index (κ3) is 3.47. The Hall–Kier alpha value is -3.90. The van der Waals surface area contributed by atoms with E-state index in [0.29, 0.717) is 19.5 Å². The lowest BCUT2D eigenvalue weighted by Gasteiger charge is -2.48. The van der Waals surface area contributed by atoms with Crippen LogP contribution >= 0.6 is 0 Å². The van der Waals surface area contributed by atoms with E-state index >= 15 is 0 Å². The smallest absolute Gasteiger partial charge is 0.242 e. The number of rotatable bonds is 5. The normalized spacial score (nSPS) is 20.4. The number of fused-ring (bicyclic) bond motifs is 6. The topological polar surface area (TPSA) is 77.2 Å². The van der Waals surface area contributed by atoms with Gasteiger partial charge in [-0.25, -0.2) is 0 Å². The third-order valence-electron chi connectivity index (χ3n) is 7.04. The third-order valence-corrected chi connectivity index (χ3v) is 7.04. The summed E-state index contributed by atoms with van der Waals surface area (Å²) >= 11 is 0. The molecule has 4 aromatic rings. The highest BCUT2D eigenvalue weighted by molar-refractivity contribution is 5.91. The van der Waals surface area contributed by atoms with Gasteiger partial charge in [0.25, 0.3) is 0 Å². The second kappa shape index (κ2) is 8.47. The number of benzene rings is 3. The van der Waals surface area contributed by atoms with Crippen LogP contribution in [0, 0.1) is 0 Å². The van der Waals surface area contributed by atoms with Crippen LogP contribution in [0.5, 0.6) is 0 Å². The lowest BCUT2D eigenvalue weighted by Crippen LogP contribution is -2.62. The first kappa shape index (κ1) is 20.7. The first-order valence-corrected chi connectivity index (χ1v) is 11.7. The maximum atomic E-state index is 13.7. The zero-order valence-corrected chi connectivity index (χ0v) is 18.7. The van der Waals surface area contributed by atoms with Gasteiger partial charge in [0.1, 0.15) is 6.04 Å². The number of aromatic amines is 1. The summed E-state index contributed by atoms with van der Waals surface area (Å²) < 4.78 is 0. The molecule has 1 unspecified atom stereocenters. The van der Waals surface area contributed by atoms with Crippen LogP contribution in [0.2, 0.25) is 0 Å². The first-order chi connectivity index (χ1) is 16.7. The molecular weight excluding hydrogens is 424 g/mol. The van der Waals surface area contributed by atoms with Gasteiger partial charge in [0.15, 0.2) is 0 Å². The van der Waals surface area contributed by atoms with Crippen molar-refractivity contribution in [2.45, 2.75) is 31.1 Å². The largest absolute Gasteiger partial charge is 0.357 e. The van der Waals surface area contributed by atoms with Crippen LogP contribution in [0.3, 0.4) is 0 Å². The molecule has 6 rings (SSSR count). The van der Waals surface area contributed by atoms with Crippen molar-refractivity contribution in [3.8, 4) is 0 Å². The maximum absolute atomic E-state index is 13.7. The summed E-state index contributed by atoms with van der Waals surface area (Å²) in [6.45, 7) is 0.903. The average molecular weight is 451 g/mol. The van der Waals surface area contributed by atoms with Crippen molar-refractivity contribution < 1.29 is 9.59 Å². The van der Waals surface area contributed by atoms with Gasteiger partial charge in [0.05, 0.1) is 12.1 Å². The van der Waals surface area contributed by atoms with Crippen LogP contribution < -0.4 is 10.6 Å². The number of nitrogens with zero attached hydrogens (tertiary/aromatic N) is 1. The molecule has 3 aromatic carbocycles. The Bertz CT molecular complexity index is 1350. The Morgan fingerprint density at radius 3 is 2.44 bits per heavy atom. The van der Waals surface area contributed by atoms with Gasteiger partial charge in [-0.1, -0.05) is 78.9 Å². The van der Waals surface area contributed by atoms with E-state index in [9.17, 15) is 9.59 Å². The van der Waals surface area contributed by atoms with Gasteiger partial charge in [0, 0.05) is 29.7 Å². The van der Waals surface area contributed by atoms with Crippen LogP contribution in [0.15, 0.2) is 84.9 Å². The lowest BCUT2D eigenvalue weighted by molar-refractivity contribution is -0.140. The molecule has 2 aliphatic rings. The van der Waals surface area contributed by atoms with E-state index in [1.54, 1.807) is 0 Å². The monoisotopic (exact) mass is 450 g/mol. The number of hydrogen-bond donors (Lipinski definition) is 3. The number of carbonyl (C=O) groups excluding carboxylic acids is 2. The molecule has 3 N–H and O–H groups in total. The van der Waals surface area contributed by atoms with Gasteiger partial charge < -0.3 is 15.6 Å². The molecule has 6 nitrogen and oxygen atoms in total. The molecule has 2 bridgehead atoms. The van der Waals surface area contributed by atoms with Crippen LogP contribution in [-0.4, -0.2) is 34.3 Å². The van der Waals surface area contributed by atoms with Gasteiger partial charge in [-0.3, -0.25) is 14.5 Å². The number of H-pyrrole nitrogens is 1. The van der Waals surface area contributed by atoms with Gasteiger partial charge in [0.2, 0.25) is 11.8 Å². The summed E-state index contributed by atoms with van der Waals surface area (Å²) in [4.78, 5) is 32.6. The molecule has 1 saturated heterocycles. The molecule has 3 atom stereocenters. The Labute approximate surface area is 198 Å². The highest BCUT2D eigenvalue weighted by Gasteiger charge is 2.48. The van der Waals surface area contributed by atoms with Gasteiger partial charge in [-0.15, -0.1) is 0 Å². The summed E-state index contributed by atoms with van der Waals surface area (Å²) in [6.07, 6.45) is 0.566. The van der Waals surface area contributed by atoms with Crippen LogP contribution in [0.4, 0.5) is 0 Å². The summed E-state index contributed by atoms with van der Waals surface area (Å²) in [5.41, 5.74) is 5.27. The fraction of sp³-hybridized carbons (Fsp3) is 0.214. The Morgan fingerprint density at radius 2 is 1.65 bits per heavy atom. The van der Waals surface area contributed by atoms with Crippen LogP contribution in [0.1, 0.15) is 34.5 Å². The minimum Gasteiger partial charge on any atom is -0.357 e. The number of hydrogen-bond acceptors (Lipinski definition) is 3. The average Bonchev–Trinajstić information content (AvgIpc) is 3.25. The number of para-hydroxylation sites is 1. The van der Waals surface area contributed by atoms with E-state index in [1.165, 1.54) is 5.56 Å². The van der Waals surface area contributed by atoms with E-state index in [1.807, 2.05) is 72.8 Å². The summed E-state index contributed by atoms with van der Waals surface area (Å²) in [7, 11) is 0. The van der Waals surface area contributed by atoms with Crippen molar-refractivity contribution in [2.24, 2.45) is 0 Å². The van der Waals surface area contributed by atoms with Gasteiger partial charge >= 0.3 is 0 Å². The summed E-state index contributed by atoms with van der Waals surface area (Å²) in [5.74, 6) is -0.122. The molecule has 6 heteroatoms. The number of nitrogens with one attached hydrogen (secondary N) is 3. The van der Waals surface area contributed by atoms with Crippen LogP contribution in [-0.2, 0) is 22.6 Å².